The van der Waals surface area contributed by atoms with Gasteiger partial charge < -0.3 is 77.2 Å². The smallest absolute Gasteiger partial charge is 0.412 e. The van der Waals surface area contributed by atoms with Crippen LogP contribution in [0.2, 0.25) is 0 Å². The topological polar surface area (TPSA) is 345 Å². The number of carbonyl (C=O) groups excluding carboxylic acids is 3. The number of pyridine rings is 4. The molecule has 10 rings (SSSR count). The number of carbonyl (C=O) groups is 4. The van der Waals surface area contributed by atoms with Gasteiger partial charge in [-0.3, -0.25) is 24.5 Å². The Morgan fingerprint density at radius 1 is 0.490 bits per heavy atom. The van der Waals surface area contributed by atoms with E-state index in [1.165, 1.54) is 68.6 Å². The molecule has 5 saturated carbocycles. The molecule has 0 aromatic carbocycles. The van der Waals surface area contributed by atoms with Crippen molar-refractivity contribution in [2.24, 2.45) is 5.73 Å². The van der Waals surface area contributed by atoms with Crippen molar-refractivity contribution >= 4 is 47.8 Å². The van der Waals surface area contributed by atoms with E-state index in [1.54, 1.807) is 89.6 Å². The minimum Gasteiger partial charge on any atom is -0.477 e. The molecule has 27 heteroatoms. The second-order valence-electron chi connectivity index (χ2n) is 26.4. The van der Waals surface area contributed by atoms with Gasteiger partial charge in [-0.15, -0.1) is 12.4 Å². The molecule has 26 nitrogen and oxygen atoms in total. The Balaban J connectivity index is 0.000000264. The van der Waals surface area contributed by atoms with Gasteiger partial charge in [-0.25, -0.2) is 24.0 Å². The van der Waals surface area contributed by atoms with Crippen molar-refractivity contribution in [2.75, 3.05) is 58.3 Å². The average Bonchev–Trinajstić information content (AvgIpc) is 0.806. The van der Waals surface area contributed by atoms with Crippen LogP contribution in [0.3, 0.4) is 0 Å². The van der Waals surface area contributed by atoms with Gasteiger partial charge in [0.15, 0.2) is 0 Å². The van der Waals surface area contributed by atoms with Crippen molar-refractivity contribution in [3.8, 4) is 0 Å². The van der Waals surface area contributed by atoms with E-state index in [9.17, 15) is 43.2 Å². The van der Waals surface area contributed by atoms with E-state index in [-0.39, 0.29) is 100 Å². The standard InChI is InChI=1S/C18H28N2O4.C15H21NO4.C14H19NO4.C13H20N2O2.C8H17NO.C7H6O4.ClH/c1-5-6-12-23-15-10-9-14(15)20-11-7-8-13(16(20)21)19-17(22)24-18(2,3)4;1-3-4-10-20-13-8-7-12(13)16-9-5-6-11(14(16)17)15(18)19-2;1-2-3-9-19-12-7-6-11(12)15-8-4-5-10(13(15)16)14(17)18;1-2-3-9-17-12-7-6-11(12)15-8-4-5-10(14)13(15)16;1-2-3-6-10-8-5-4-7(8)9;1-10-6(8)5-3-2-4-11-7(5)9;/h7-8,11,14-15H,5-6,9-10,12H2,1-4H3,(H,19,22);5-6,9,12-13H,3-4,7-8,10H2,1-2H3;4-5,8,11-12H,2-3,6-7,9H2,1H3,(H,17,18);4-5,8,11-12H,2-3,6-7,9,14H2,1H3;7-8H,2-6,9H2,1H3;2-4H,1H3;1H/t14-,15+;12-,13+;2*11-,12+;7-,8+;;/m00000../s1. The van der Waals surface area contributed by atoms with Gasteiger partial charge >= 0.3 is 29.6 Å². The van der Waals surface area contributed by atoms with E-state index in [0.717, 1.165) is 136 Å². The lowest BCUT2D eigenvalue weighted by atomic mass is 9.88. The number of carboxylic acids is 1. The molecule has 0 spiro atoms. The predicted octanol–water partition coefficient (Wildman–Crippen LogP) is 12.0. The zero-order valence-corrected chi connectivity index (χ0v) is 62.1. The Morgan fingerprint density at radius 2 is 0.843 bits per heavy atom. The fourth-order valence-corrected chi connectivity index (χ4v) is 11.1. The number of ether oxygens (including phenoxy) is 8. The quantitative estimate of drug-likeness (QED) is 0.0205. The molecule has 5 aromatic rings. The van der Waals surface area contributed by atoms with Crippen molar-refractivity contribution in [1.82, 2.24) is 18.3 Å². The van der Waals surface area contributed by atoms with Crippen LogP contribution >= 0.6 is 12.4 Å². The molecule has 0 radical (unpaired) electrons. The van der Waals surface area contributed by atoms with Crippen molar-refractivity contribution in [3.05, 3.63) is 160 Å². The molecular weight excluding hydrogens is 1340 g/mol. The first-order valence-electron chi connectivity index (χ1n) is 35.9. The monoisotopic (exact) mass is 1450 g/mol. The number of nitrogens with zero attached hydrogens (tertiary/aromatic N) is 4. The second kappa shape index (κ2) is 45.4. The van der Waals surface area contributed by atoms with Gasteiger partial charge in [0, 0.05) is 63.9 Å². The lowest BCUT2D eigenvalue weighted by Gasteiger charge is -2.37. The number of rotatable bonds is 28. The Bertz CT molecular complexity index is 3660. The summed E-state index contributed by atoms with van der Waals surface area (Å²) in [5, 5.41) is 11.5. The number of aromatic nitrogens is 4. The lowest BCUT2D eigenvalue weighted by molar-refractivity contribution is -0.0418. The summed E-state index contributed by atoms with van der Waals surface area (Å²) in [5.74, 6) is -2.45. The average molecular weight is 1450 g/mol. The van der Waals surface area contributed by atoms with Crippen molar-refractivity contribution in [2.45, 2.75) is 250 Å². The number of hydrogen-bond donors (Lipinski definition) is 4. The highest BCUT2D eigenvalue weighted by atomic mass is 35.5. The molecule has 5 fully saturated rings. The molecular formula is C75H112ClN7O19. The van der Waals surface area contributed by atoms with E-state index >= 15 is 0 Å². The summed E-state index contributed by atoms with van der Waals surface area (Å²) in [6, 6.07) is 16.3. The summed E-state index contributed by atoms with van der Waals surface area (Å²) in [6.45, 7) is 19.8. The van der Waals surface area contributed by atoms with Crippen molar-refractivity contribution in [3.63, 3.8) is 0 Å². The molecule has 5 aliphatic carbocycles. The van der Waals surface area contributed by atoms with Crippen LogP contribution in [0.1, 0.15) is 239 Å². The second-order valence-corrected chi connectivity index (χ2v) is 26.4. The first-order valence-corrected chi connectivity index (χ1v) is 35.9. The number of amides is 1. The molecule has 0 unspecified atom stereocenters. The van der Waals surface area contributed by atoms with Gasteiger partial charge in [-0.05, 0) is 178 Å². The number of halogens is 1. The van der Waals surface area contributed by atoms with Gasteiger partial charge in [0.1, 0.15) is 28.0 Å². The number of unbranched alkanes of at least 4 members (excludes halogenated alkanes) is 5. The van der Waals surface area contributed by atoms with Gasteiger partial charge in [-0.1, -0.05) is 66.7 Å². The zero-order valence-electron chi connectivity index (χ0n) is 61.3. The molecule has 0 saturated heterocycles. The van der Waals surface area contributed by atoms with Crippen LogP contribution in [0.4, 0.5) is 16.2 Å². The highest BCUT2D eigenvalue weighted by Crippen LogP contribution is 2.37. The fraction of sp³-hybridized carbons (Fsp3) is 0.613. The SMILES string of the molecule is CCCCO[C@@H]1CC[C@@H]1N.CCCCO[C@@H]1CC[C@@H]1n1cccc(C(=O)O)c1=O.CCCCO[C@@H]1CC[C@@H]1n1cccc(C(=O)OC)c1=O.CCCCO[C@@H]1CC[C@@H]1n1cccc(N)c1=O.CCCCO[C@@H]1CC[C@@H]1n1cccc(NC(=O)OC(C)(C)C)c1=O.COC(=O)c1cccoc1=O.Cl. The number of esters is 2. The number of anilines is 2. The van der Waals surface area contributed by atoms with Crippen LogP contribution in [0.15, 0.2) is 120 Å². The van der Waals surface area contributed by atoms with Crippen molar-refractivity contribution in [1.29, 1.82) is 0 Å². The Labute approximate surface area is 604 Å². The number of nitrogens with two attached hydrogens (primary N) is 2. The first kappa shape index (κ1) is 86.7. The summed E-state index contributed by atoms with van der Waals surface area (Å²) in [7, 11) is 2.48. The van der Waals surface area contributed by atoms with Crippen LogP contribution in [-0.2, 0) is 37.9 Å². The molecule has 6 N–H and O–H groups in total. The fourth-order valence-electron chi connectivity index (χ4n) is 11.1. The normalized spacial score (nSPS) is 21.0. The van der Waals surface area contributed by atoms with Gasteiger partial charge in [0.2, 0.25) is 0 Å². The highest BCUT2D eigenvalue weighted by molar-refractivity contribution is 5.89. The number of hydrogen-bond acceptors (Lipinski definition) is 20. The molecule has 102 heavy (non-hydrogen) atoms. The molecule has 10 atom stereocenters. The number of nitrogens with one attached hydrogen (secondary N) is 1. The summed E-state index contributed by atoms with van der Waals surface area (Å²) >= 11 is 0. The minimum absolute atomic E-state index is 0. The summed E-state index contributed by atoms with van der Waals surface area (Å²) in [4.78, 5) is 105. The first-order chi connectivity index (χ1) is 48.5. The van der Waals surface area contributed by atoms with E-state index in [4.69, 9.17) is 45.0 Å². The summed E-state index contributed by atoms with van der Waals surface area (Å²) < 4.78 is 53.7. The third-order valence-electron chi connectivity index (χ3n) is 17.9. The third-order valence-corrected chi connectivity index (χ3v) is 17.9. The maximum Gasteiger partial charge on any atom is 0.412 e. The number of aromatic carboxylic acids is 1. The molecule has 568 valence electrons. The van der Waals surface area contributed by atoms with Gasteiger partial charge in [0.05, 0.1) is 80.9 Å². The van der Waals surface area contributed by atoms with Crippen LogP contribution < -0.4 is 44.6 Å². The molecule has 5 heterocycles. The molecule has 0 bridgehead atoms. The minimum atomic E-state index is -1.18. The number of nitrogen functional groups attached to an aromatic ring is 1. The van der Waals surface area contributed by atoms with Gasteiger partial charge in [0.25, 0.3) is 22.2 Å². The van der Waals surface area contributed by atoms with E-state index < -0.39 is 40.8 Å². The summed E-state index contributed by atoms with van der Waals surface area (Å²) in [5.41, 5.74) is 9.31. The number of methoxy groups -OCH3 is 2. The van der Waals surface area contributed by atoms with Gasteiger partial charge in [-0.2, -0.15) is 0 Å². The van der Waals surface area contributed by atoms with Crippen LogP contribution in [0, 0.1) is 0 Å². The van der Waals surface area contributed by atoms with E-state index in [0.29, 0.717) is 24.4 Å². The lowest BCUT2D eigenvalue weighted by Crippen LogP contribution is -2.45. The Hall–Kier alpha value is -7.72. The Morgan fingerprint density at radius 3 is 1.20 bits per heavy atom. The number of carboxylic acid groups (broad SMARTS) is 1. The predicted molar refractivity (Wildman–Crippen MR) is 392 cm³/mol. The van der Waals surface area contributed by atoms with Crippen LogP contribution in [-0.4, -0.2) is 137 Å². The molecule has 1 amide bonds. The van der Waals surface area contributed by atoms with Crippen LogP contribution in [0.25, 0.3) is 0 Å². The third kappa shape index (κ3) is 26.5. The maximum atomic E-state index is 12.6. The summed E-state index contributed by atoms with van der Waals surface area (Å²) in [6.07, 6.45) is 29.0. The van der Waals surface area contributed by atoms with E-state index in [1.807, 2.05) is 6.07 Å². The van der Waals surface area contributed by atoms with Crippen LogP contribution in [0.5, 0.6) is 0 Å². The highest BCUT2D eigenvalue weighted by Gasteiger charge is 2.38. The molecule has 5 aromatic heterocycles. The van der Waals surface area contributed by atoms with Crippen molar-refractivity contribution < 1.29 is 66.6 Å². The molecule has 5 aliphatic rings. The maximum absolute atomic E-state index is 12.6. The zero-order chi connectivity index (χ0) is 74.0. The molecule has 0 aliphatic heterocycles. The Kier molecular flexibility index (Phi) is 38.6. The van der Waals surface area contributed by atoms with E-state index in [2.05, 4.69) is 53.8 Å². The largest absolute Gasteiger partial charge is 0.477 e.